The van der Waals surface area contributed by atoms with Gasteiger partial charge in [0.1, 0.15) is 0 Å². The van der Waals surface area contributed by atoms with Crippen LogP contribution in [0, 0.1) is 11.8 Å². The lowest BCUT2D eigenvalue weighted by atomic mass is 9.72. The van der Waals surface area contributed by atoms with E-state index in [0.29, 0.717) is 11.8 Å². The predicted octanol–water partition coefficient (Wildman–Crippen LogP) is 5.25. The minimum atomic E-state index is -0.623. The molecular formula is C24H38NO+. The fraction of sp³-hybridized carbons (Fsp3) is 0.750. The number of rotatable bonds is 5. The second kappa shape index (κ2) is 7.28. The van der Waals surface area contributed by atoms with Gasteiger partial charge in [0.25, 0.3) is 0 Å². The molecule has 1 saturated carbocycles. The Labute approximate surface area is 160 Å². The first kappa shape index (κ1) is 18.5. The van der Waals surface area contributed by atoms with Crippen LogP contribution >= 0.6 is 0 Å². The van der Waals surface area contributed by atoms with Gasteiger partial charge in [-0.05, 0) is 30.2 Å². The second-order valence-corrected chi connectivity index (χ2v) is 10.2. The molecule has 1 aromatic carbocycles. The second-order valence-electron chi connectivity index (χ2n) is 10.2. The van der Waals surface area contributed by atoms with E-state index >= 15 is 0 Å². The highest BCUT2D eigenvalue weighted by Crippen LogP contribution is 2.47. The Balaban J connectivity index is 1.52. The van der Waals surface area contributed by atoms with Gasteiger partial charge in [0.2, 0.25) is 0 Å². The summed E-state index contributed by atoms with van der Waals surface area (Å²) in [5.41, 5.74) is 0.541. The summed E-state index contributed by atoms with van der Waals surface area (Å²) in [4.78, 5) is 0. The maximum Gasteiger partial charge on any atom is 0.0901 e. The minimum Gasteiger partial charge on any atom is -0.385 e. The third-order valence-electron chi connectivity index (χ3n) is 8.21. The Kier molecular flexibility index (Phi) is 5.18. The highest BCUT2D eigenvalue weighted by atomic mass is 16.3. The van der Waals surface area contributed by atoms with Gasteiger partial charge in [-0.3, -0.25) is 0 Å². The molecule has 2 heteroatoms. The monoisotopic (exact) mass is 356 g/mol. The van der Waals surface area contributed by atoms with Crippen LogP contribution in [-0.4, -0.2) is 35.8 Å². The van der Waals surface area contributed by atoms with Crippen LogP contribution < -0.4 is 0 Å². The summed E-state index contributed by atoms with van der Waals surface area (Å²) >= 11 is 0. The first-order valence-corrected chi connectivity index (χ1v) is 11.1. The van der Waals surface area contributed by atoms with Gasteiger partial charge >= 0.3 is 0 Å². The molecule has 0 radical (unpaired) electrons. The third-order valence-corrected chi connectivity index (χ3v) is 8.21. The van der Waals surface area contributed by atoms with Gasteiger partial charge in [0.15, 0.2) is 0 Å². The quantitative estimate of drug-likeness (QED) is 0.714. The smallest absolute Gasteiger partial charge is 0.0901 e. The van der Waals surface area contributed by atoms with Gasteiger partial charge in [-0.1, -0.05) is 62.4 Å². The minimum absolute atomic E-state index is 0.623. The Bertz CT molecular complexity index is 575. The molecule has 3 aliphatic rings. The predicted molar refractivity (Wildman–Crippen MR) is 108 cm³/mol. The van der Waals surface area contributed by atoms with Crippen LogP contribution in [0.5, 0.6) is 0 Å². The Hall–Kier alpha value is -0.860. The molecule has 3 atom stereocenters. The van der Waals surface area contributed by atoms with Gasteiger partial charge in [-0.15, -0.1) is 0 Å². The standard InChI is InChI=1S/C24H38NO/c1-25(2)22-13-14-23(25)16-20(15-22)18-24(26,21-11-7-4-8-12-21)17-19-9-5-3-6-10-19/h4,7-8,11-12,19-20,22-23,26H,3,5-6,9-10,13-18H2,1-2H3/q+1. The Morgan fingerprint density at radius 3 is 2.04 bits per heavy atom. The summed E-state index contributed by atoms with van der Waals surface area (Å²) < 4.78 is 1.23. The number of quaternary nitrogens is 1. The zero-order chi connectivity index (χ0) is 18.2. The van der Waals surface area contributed by atoms with E-state index in [9.17, 15) is 5.11 Å². The van der Waals surface area contributed by atoms with E-state index in [2.05, 4.69) is 44.4 Å². The Morgan fingerprint density at radius 1 is 0.846 bits per heavy atom. The van der Waals surface area contributed by atoms with Crippen LogP contribution in [0.2, 0.25) is 0 Å². The lowest BCUT2D eigenvalue weighted by Gasteiger charge is -2.46. The third kappa shape index (κ3) is 3.60. The van der Waals surface area contributed by atoms with Crippen LogP contribution in [0.1, 0.15) is 76.2 Å². The molecule has 2 aliphatic heterocycles. The summed E-state index contributed by atoms with van der Waals surface area (Å²) in [6, 6.07) is 12.2. The maximum absolute atomic E-state index is 11.9. The van der Waals surface area contributed by atoms with E-state index in [1.54, 1.807) is 0 Å². The zero-order valence-corrected chi connectivity index (χ0v) is 16.9. The summed E-state index contributed by atoms with van der Waals surface area (Å²) in [7, 11) is 4.87. The van der Waals surface area contributed by atoms with Crippen molar-refractivity contribution in [1.29, 1.82) is 0 Å². The zero-order valence-electron chi connectivity index (χ0n) is 16.9. The molecule has 1 aliphatic carbocycles. The molecule has 2 nitrogen and oxygen atoms in total. The van der Waals surface area contributed by atoms with Gasteiger partial charge in [0, 0.05) is 25.7 Å². The maximum atomic E-state index is 11.9. The molecule has 3 unspecified atom stereocenters. The highest BCUT2D eigenvalue weighted by molar-refractivity contribution is 5.22. The number of aliphatic hydroxyl groups is 1. The van der Waals surface area contributed by atoms with Crippen molar-refractivity contribution in [1.82, 2.24) is 0 Å². The molecule has 1 aromatic rings. The van der Waals surface area contributed by atoms with Crippen molar-refractivity contribution in [2.75, 3.05) is 14.1 Å². The van der Waals surface area contributed by atoms with Crippen LogP contribution in [0.4, 0.5) is 0 Å². The normalized spacial score (nSPS) is 33.7. The van der Waals surface area contributed by atoms with Crippen molar-refractivity contribution in [2.24, 2.45) is 11.8 Å². The summed E-state index contributed by atoms with van der Waals surface area (Å²) in [6.07, 6.45) is 14.1. The van der Waals surface area contributed by atoms with E-state index in [4.69, 9.17) is 0 Å². The van der Waals surface area contributed by atoms with Crippen molar-refractivity contribution in [3.8, 4) is 0 Å². The molecule has 0 aromatic heterocycles. The van der Waals surface area contributed by atoms with Gasteiger partial charge in [0.05, 0.1) is 31.8 Å². The van der Waals surface area contributed by atoms with Crippen molar-refractivity contribution in [2.45, 2.75) is 88.3 Å². The van der Waals surface area contributed by atoms with E-state index in [-0.39, 0.29) is 0 Å². The lowest BCUT2D eigenvalue weighted by Crippen LogP contribution is -2.55. The molecule has 144 valence electrons. The van der Waals surface area contributed by atoms with Gasteiger partial charge in [-0.25, -0.2) is 0 Å². The number of benzene rings is 1. The average Bonchev–Trinajstić information content (AvgIpc) is 2.80. The molecule has 26 heavy (non-hydrogen) atoms. The molecule has 3 fully saturated rings. The topological polar surface area (TPSA) is 20.2 Å². The largest absolute Gasteiger partial charge is 0.385 e. The number of piperidine rings is 1. The average molecular weight is 357 g/mol. The summed E-state index contributed by atoms with van der Waals surface area (Å²) in [6.45, 7) is 0. The first-order chi connectivity index (χ1) is 12.5. The molecule has 0 amide bonds. The van der Waals surface area contributed by atoms with Gasteiger partial charge in [-0.2, -0.15) is 0 Å². The fourth-order valence-corrected chi connectivity index (χ4v) is 6.57. The molecule has 0 spiro atoms. The van der Waals surface area contributed by atoms with Gasteiger partial charge < -0.3 is 9.59 Å². The van der Waals surface area contributed by atoms with E-state index in [0.717, 1.165) is 30.5 Å². The van der Waals surface area contributed by atoms with Crippen molar-refractivity contribution >= 4 is 0 Å². The molecule has 1 N–H and O–H groups in total. The van der Waals surface area contributed by atoms with Crippen LogP contribution in [-0.2, 0) is 5.60 Å². The molecule has 2 heterocycles. The van der Waals surface area contributed by atoms with E-state index < -0.39 is 5.60 Å². The number of nitrogens with zero attached hydrogens (tertiary/aromatic N) is 1. The molecule has 2 saturated heterocycles. The first-order valence-electron chi connectivity index (χ1n) is 11.1. The van der Waals surface area contributed by atoms with Crippen LogP contribution in [0.3, 0.4) is 0 Å². The van der Waals surface area contributed by atoms with Crippen molar-refractivity contribution < 1.29 is 9.59 Å². The summed E-state index contributed by atoms with van der Waals surface area (Å²) in [5.74, 6) is 1.40. The molecule has 4 rings (SSSR count). The van der Waals surface area contributed by atoms with E-state index in [1.807, 2.05) is 0 Å². The summed E-state index contributed by atoms with van der Waals surface area (Å²) in [5, 5.41) is 11.9. The van der Waals surface area contributed by atoms with Crippen LogP contribution in [0.25, 0.3) is 0 Å². The molecular weight excluding hydrogens is 318 g/mol. The SMILES string of the molecule is C[N+]1(C)C2CCC1CC(CC(O)(CC1CCCCC1)c1ccccc1)C2. The number of hydrogen-bond acceptors (Lipinski definition) is 1. The van der Waals surface area contributed by atoms with E-state index in [1.165, 1.54) is 62.3 Å². The molecule has 2 bridgehead atoms. The number of hydrogen-bond donors (Lipinski definition) is 1. The highest BCUT2D eigenvalue weighted by Gasteiger charge is 2.50. The van der Waals surface area contributed by atoms with Crippen molar-refractivity contribution in [3.05, 3.63) is 35.9 Å². The Morgan fingerprint density at radius 2 is 1.42 bits per heavy atom. The lowest BCUT2D eigenvalue weighted by molar-refractivity contribution is -0.931. The number of fused-ring (bicyclic) bond motifs is 2. The van der Waals surface area contributed by atoms with Crippen molar-refractivity contribution in [3.63, 3.8) is 0 Å². The fourth-order valence-electron chi connectivity index (χ4n) is 6.57. The van der Waals surface area contributed by atoms with Crippen LogP contribution in [0.15, 0.2) is 30.3 Å².